The number of hydrogen-bond acceptors (Lipinski definition) is 1. The van der Waals surface area contributed by atoms with Crippen molar-refractivity contribution in [3.63, 3.8) is 0 Å². The van der Waals surface area contributed by atoms with E-state index in [0.29, 0.717) is 28.7 Å². The molecule has 1 unspecified atom stereocenters. The van der Waals surface area contributed by atoms with E-state index in [0.717, 1.165) is 23.8 Å². The first kappa shape index (κ1) is 25.3. The van der Waals surface area contributed by atoms with Crippen molar-refractivity contribution in [2.75, 3.05) is 0 Å². The van der Waals surface area contributed by atoms with Gasteiger partial charge in [-0.2, -0.15) is 13.2 Å². The van der Waals surface area contributed by atoms with Crippen molar-refractivity contribution in [1.29, 1.82) is 0 Å². The zero-order chi connectivity index (χ0) is 25.0. The predicted molar refractivity (Wildman–Crippen MR) is 125 cm³/mol. The van der Waals surface area contributed by atoms with Gasteiger partial charge in [-0.25, -0.2) is 8.78 Å². The van der Waals surface area contributed by atoms with Crippen molar-refractivity contribution in [2.24, 2.45) is 5.92 Å². The average Bonchev–Trinajstić information content (AvgIpc) is 2.74. The van der Waals surface area contributed by atoms with Gasteiger partial charge in [0.25, 0.3) is 0 Å². The van der Waals surface area contributed by atoms with E-state index in [4.69, 9.17) is 0 Å². The predicted octanol–water partition coefficient (Wildman–Crippen LogP) is 8.54. The lowest BCUT2D eigenvalue weighted by atomic mass is 9.85. The summed E-state index contributed by atoms with van der Waals surface area (Å²) in [5.41, 5.74) is 2.18. The summed E-state index contributed by atoms with van der Waals surface area (Å²) in [5, 5.41) is 0. The Morgan fingerprint density at radius 2 is 1.38 bits per heavy atom. The topological polar surface area (TPSA) is 17.1 Å². The van der Waals surface area contributed by atoms with E-state index in [1.165, 1.54) is 31.2 Å². The van der Waals surface area contributed by atoms with Gasteiger partial charge in [-0.1, -0.05) is 50.3 Å². The maximum absolute atomic E-state index is 13.5. The molecule has 0 amide bonds. The van der Waals surface area contributed by atoms with Gasteiger partial charge in [-0.05, 0) is 77.4 Å². The first-order valence-corrected chi connectivity index (χ1v) is 10.9. The normalized spacial score (nSPS) is 13.0. The summed E-state index contributed by atoms with van der Waals surface area (Å²) in [5.74, 6) is -1.55. The first-order valence-electron chi connectivity index (χ1n) is 10.9. The molecule has 178 valence electrons. The molecule has 0 bridgehead atoms. The third-order valence-corrected chi connectivity index (χ3v) is 5.48. The van der Waals surface area contributed by atoms with E-state index in [9.17, 15) is 26.7 Å². The van der Waals surface area contributed by atoms with Gasteiger partial charge in [-0.15, -0.1) is 0 Å². The van der Waals surface area contributed by atoms with E-state index in [2.05, 4.69) is 0 Å². The molecule has 3 aromatic carbocycles. The van der Waals surface area contributed by atoms with Crippen molar-refractivity contribution in [1.82, 2.24) is 0 Å². The minimum atomic E-state index is -4.44. The maximum atomic E-state index is 13.5. The minimum absolute atomic E-state index is 0.0135. The van der Waals surface area contributed by atoms with E-state index in [-0.39, 0.29) is 17.6 Å². The van der Waals surface area contributed by atoms with E-state index in [1.54, 1.807) is 18.2 Å². The van der Waals surface area contributed by atoms with Gasteiger partial charge in [0.2, 0.25) is 0 Å². The van der Waals surface area contributed by atoms with Gasteiger partial charge in [0.15, 0.2) is 0 Å². The standard InChI is InChI=1S/C28H25F5O/c1-17(2)10-27(18(3)34)23-12-19(4-5-20-13-25(29)16-26(30)14-20)11-22(15-23)21-6-8-24(9-7-21)28(31,32)33/h4-9,11-17,27H,10H2,1-3H3/b5-4+. The molecule has 0 aliphatic heterocycles. The SMILES string of the molecule is CC(=O)C(CC(C)C)c1cc(/C=C/c2cc(F)cc(F)c2)cc(-c2ccc(C(F)(F)F)cc2)c1. The molecule has 1 atom stereocenters. The van der Waals surface area contributed by atoms with Crippen LogP contribution in [0.3, 0.4) is 0 Å². The largest absolute Gasteiger partial charge is 0.416 e. The van der Waals surface area contributed by atoms with E-state index >= 15 is 0 Å². The molecule has 0 N–H and O–H groups in total. The molecule has 0 radical (unpaired) electrons. The van der Waals surface area contributed by atoms with Crippen LogP contribution in [-0.2, 0) is 11.0 Å². The number of rotatable bonds is 7. The third kappa shape index (κ3) is 6.62. The molecule has 0 fully saturated rings. The number of carbonyl (C=O) groups is 1. The van der Waals surface area contributed by atoms with Gasteiger partial charge < -0.3 is 0 Å². The number of halogens is 5. The molecular weight excluding hydrogens is 447 g/mol. The summed E-state index contributed by atoms with van der Waals surface area (Å²) >= 11 is 0. The van der Waals surface area contributed by atoms with Crippen LogP contribution in [-0.4, -0.2) is 5.78 Å². The zero-order valence-electron chi connectivity index (χ0n) is 19.1. The zero-order valence-corrected chi connectivity index (χ0v) is 19.1. The lowest BCUT2D eigenvalue weighted by Gasteiger charge is -2.19. The Morgan fingerprint density at radius 3 is 1.88 bits per heavy atom. The molecule has 0 aliphatic rings. The number of carbonyl (C=O) groups excluding carboxylic acids is 1. The van der Waals surface area contributed by atoms with Gasteiger partial charge in [0.05, 0.1) is 5.56 Å². The number of Topliss-reactive ketones (excluding diaryl/α,β-unsaturated/α-hetero) is 1. The molecule has 0 heterocycles. The van der Waals surface area contributed by atoms with Crippen molar-refractivity contribution < 1.29 is 26.7 Å². The smallest absolute Gasteiger partial charge is 0.299 e. The number of ketones is 1. The van der Waals surface area contributed by atoms with Gasteiger partial charge >= 0.3 is 6.18 Å². The second kappa shape index (κ2) is 10.3. The van der Waals surface area contributed by atoms with Crippen LogP contribution in [0, 0.1) is 17.6 Å². The van der Waals surface area contributed by atoms with Crippen LogP contribution >= 0.6 is 0 Å². The van der Waals surface area contributed by atoms with Crippen molar-refractivity contribution in [3.8, 4) is 11.1 Å². The molecular formula is C28H25F5O. The molecule has 0 aromatic heterocycles. The average molecular weight is 472 g/mol. The van der Waals surface area contributed by atoms with Crippen LogP contribution in [0.2, 0.25) is 0 Å². The number of benzene rings is 3. The highest BCUT2D eigenvalue weighted by Crippen LogP contribution is 2.34. The Kier molecular flexibility index (Phi) is 7.70. The Bertz CT molecular complexity index is 1170. The van der Waals surface area contributed by atoms with Crippen LogP contribution in [0.4, 0.5) is 22.0 Å². The summed E-state index contributed by atoms with van der Waals surface area (Å²) in [4.78, 5) is 12.4. The Balaban J connectivity index is 2.09. The fourth-order valence-corrected chi connectivity index (χ4v) is 3.86. The lowest BCUT2D eigenvalue weighted by molar-refractivity contribution is -0.137. The Hall–Kier alpha value is -3.28. The van der Waals surface area contributed by atoms with Crippen LogP contribution in [0.1, 0.15) is 55.4 Å². The van der Waals surface area contributed by atoms with Crippen LogP contribution in [0.5, 0.6) is 0 Å². The molecule has 0 saturated heterocycles. The monoisotopic (exact) mass is 472 g/mol. The Labute approximate surface area is 195 Å². The highest BCUT2D eigenvalue weighted by atomic mass is 19.4. The molecule has 3 aromatic rings. The van der Waals surface area contributed by atoms with Gasteiger partial charge in [0, 0.05) is 12.0 Å². The molecule has 0 spiro atoms. The molecule has 0 aliphatic carbocycles. The van der Waals surface area contributed by atoms with Crippen LogP contribution in [0.25, 0.3) is 23.3 Å². The lowest BCUT2D eigenvalue weighted by Crippen LogP contribution is -2.12. The van der Waals surface area contributed by atoms with Crippen LogP contribution < -0.4 is 0 Å². The molecule has 0 saturated carbocycles. The number of alkyl halides is 3. The summed E-state index contributed by atoms with van der Waals surface area (Å²) in [7, 11) is 0. The van der Waals surface area contributed by atoms with Gasteiger partial charge in [0.1, 0.15) is 17.4 Å². The molecule has 1 nitrogen and oxygen atoms in total. The second-order valence-electron chi connectivity index (χ2n) is 8.79. The highest BCUT2D eigenvalue weighted by Gasteiger charge is 2.30. The maximum Gasteiger partial charge on any atom is 0.416 e. The molecule has 6 heteroatoms. The Morgan fingerprint density at radius 1 is 0.824 bits per heavy atom. The van der Waals surface area contributed by atoms with Gasteiger partial charge in [-0.3, -0.25) is 4.79 Å². The van der Waals surface area contributed by atoms with Crippen LogP contribution in [0.15, 0.2) is 60.7 Å². The second-order valence-corrected chi connectivity index (χ2v) is 8.79. The molecule has 3 rings (SSSR count). The fourth-order valence-electron chi connectivity index (χ4n) is 3.86. The summed E-state index contributed by atoms with van der Waals surface area (Å²) in [6.07, 6.45) is -0.611. The highest BCUT2D eigenvalue weighted by molar-refractivity contribution is 5.85. The van der Waals surface area contributed by atoms with Crippen molar-refractivity contribution in [3.05, 3.63) is 94.6 Å². The third-order valence-electron chi connectivity index (χ3n) is 5.48. The molecule has 34 heavy (non-hydrogen) atoms. The summed E-state index contributed by atoms with van der Waals surface area (Å²) < 4.78 is 66.0. The minimum Gasteiger partial charge on any atom is -0.299 e. The summed E-state index contributed by atoms with van der Waals surface area (Å²) in [6, 6.07) is 13.4. The quantitative estimate of drug-likeness (QED) is 0.249. The first-order chi connectivity index (χ1) is 15.9. The van der Waals surface area contributed by atoms with E-state index in [1.807, 2.05) is 26.0 Å². The van der Waals surface area contributed by atoms with Crippen molar-refractivity contribution >= 4 is 17.9 Å². The number of hydrogen-bond donors (Lipinski definition) is 0. The van der Waals surface area contributed by atoms with Crippen molar-refractivity contribution in [2.45, 2.75) is 39.3 Å². The summed E-state index contributed by atoms with van der Waals surface area (Å²) in [6.45, 7) is 5.53. The van der Waals surface area contributed by atoms with E-state index < -0.39 is 23.4 Å². The fraction of sp³-hybridized carbons (Fsp3) is 0.250.